The standard InChI is InChI=1S/C19H35N/c1-3-5-6-13(4-2)12-18(20)19-16-8-14-7-15(10-16)11-17(19)9-14/h13-19H,3-12,20H2,1-2H3. The maximum Gasteiger partial charge on any atom is 0.00750 e. The van der Waals surface area contributed by atoms with E-state index in [0.717, 1.165) is 35.5 Å². The topological polar surface area (TPSA) is 26.0 Å². The fourth-order valence-corrected chi connectivity index (χ4v) is 6.19. The van der Waals surface area contributed by atoms with Gasteiger partial charge in [0.15, 0.2) is 0 Å². The van der Waals surface area contributed by atoms with Gasteiger partial charge < -0.3 is 5.73 Å². The van der Waals surface area contributed by atoms with Gasteiger partial charge in [-0.25, -0.2) is 0 Å². The van der Waals surface area contributed by atoms with Crippen molar-refractivity contribution in [2.24, 2.45) is 41.2 Å². The molecule has 0 spiro atoms. The summed E-state index contributed by atoms with van der Waals surface area (Å²) in [7, 11) is 0. The molecule has 0 aliphatic heterocycles. The van der Waals surface area contributed by atoms with Crippen molar-refractivity contribution < 1.29 is 0 Å². The summed E-state index contributed by atoms with van der Waals surface area (Å²) in [6, 6.07) is 0.506. The highest BCUT2D eigenvalue weighted by atomic mass is 14.7. The van der Waals surface area contributed by atoms with Gasteiger partial charge in [0.1, 0.15) is 0 Å². The van der Waals surface area contributed by atoms with Gasteiger partial charge in [-0.1, -0.05) is 39.5 Å². The van der Waals surface area contributed by atoms with E-state index in [-0.39, 0.29) is 0 Å². The largest absolute Gasteiger partial charge is 0.327 e. The van der Waals surface area contributed by atoms with Crippen molar-refractivity contribution in [3.8, 4) is 0 Å². The minimum atomic E-state index is 0.506. The maximum atomic E-state index is 6.75. The Bertz CT molecular complexity index is 283. The molecule has 20 heavy (non-hydrogen) atoms. The first-order chi connectivity index (χ1) is 9.71. The van der Waals surface area contributed by atoms with Crippen LogP contribution in [0.5, 0.6) is 0 Å². The molecule has 0 aromatic rings. The molecule has 4 rings (SSSR count). The van der Waals surface area contributed by atoms with Crippen LogP contribution in [0, 0.1) is 35.5 Å². The molecule has 116 valence electrons. The second-order valence-corrected chi connectivity index (χ2v) is 8.32. The fourth-order valence-electron chi connectivity index (χ4n) is 6.19. The summed E-state index contributed by atoms with van der Waals surface area (Å²) < 4.78 is 0. The van der Waals surface area contributed by atoms with Crippen LogP contribution in [0.15, 0.2) is 0 Å². The molecule has 1 nitrogen and oxygen atoms in total. The lowest BCUT2D eigenvalue weighted by Gasteiger charge is -2.56. The molecular weight excluding hydrogens is 242 g/mol. The molecule has 0 amide bonds. The van der Waals surface area contributed by atoms with E-state index in [2.05, 4.69) is 13.8 Å². The molecule has 0 aromatic heterocycles. The van der Waals surface area contributed by atoms with E-state index in [1.165, 1.54) is 57.8 Å². The van der Waals surface area contributed by atoms with E-state index in [9.17, 15) is 0 Å². The highest BCUT2D eigenvalue weighted by Crippen LogP contribution is 2.57. The Labute approximate surface area is 126 Å². The number of unbranched alkanes of at least 4 members (excludes halogenated alkanes) is 1. The third-order valence-corrected chi connectivity index (χ3v) is 6.94. The van der Waals surface area contributed by atoms with Gasteiger partial charge in [0, 0.05) is 6.04 Å². The van der Waals surface area contributed by atoms with Gasteiger partial charge in [-0.05, 0) is 74.0 Å². The van der Waals surface area contributed by atoms with Crippen molar-refractivity contribution >= 4 is 0 Å². The summed E-state index contributed by atoms with van der Waals surface area (Å²) in [5, 5.41) is 0. The molecule has 2 atom stereocenters. The minimum Gasteiger partial charge on any atom is -0.327 e. The smallest absolute Gasteiger partial charge is 0.00750 e. The molecule has 2 unspecified atom stereocenters. The minimum absolute atomic E-state index is 0.506. The number of rotatable bonds is 7. The predicted molar refractivity (Wildman–Crippen MR) is 86.4 cm³/mol. The van der Waals surface area contributed by atoms with Crippen LogP contribution in [0.2, 0.25) is 0 Å². The van der Waals surface area contributed by atoms with Crippen molar-refractivity contribution in [3.05, 3.63) is 0 Å². The lowest BCUT2D eigenvalue weighted by atomic mass is 9.50. The second-order valence-electron chi connectivity index (χ2n) is 8.32. The Morgan fingerprint density at radius 3 is 2.05 bits per heavy atom. The van der Waals surface area contributed by atoms with E-state index in [0.29, 0.717) is 6.04 Å². The molecule has 4 fully saturated rings. The van der Waals surface area contributed by atoms with E-state index < -0.39 is 0 Å². The summed E-state index contributed by atoms with van der Waals surface area (Å²) in [6.45, 7) is 4.67. The van der Waals surface area contributed by atoms with Crippen LogP contribution >= 0.6 is 0 Å². The van der Waals surface area contributed by atoms with Gasteiger partial charge in [0.25, 0.3) is 0 Å². The lowest BCUT2D eigenvalue weighted by molar-refractivity contribution is -0.0495. The first-order valence-electron chi connectivity index (χ1n) is 9.46. The third-order valence-electron chi connectivity index (χ3n) is 6.94. The van der Waals surface area contributed by atoms with E-state index >= 15 is 0 Å². The SMILES string of the molecule is CCCCC(CC)CC(N)C1C2CC3CC(C2)CC1C3. The van der Waals surface area contributed by atoms with Crippen LogP contribution in [0.3, 0.4) is 0 Å². The normalized spacial score (nSPS) is 41.9. The van der Waals surface area contributed by atoms with Crippen LogP contribution in [0.25, 0.3) is 0 Å². The molecule has 0 radical (unpaired) electrons. The van der Waals surface area contributed by atoms with Crippen LogP contribution in [0.1, 0.15) is 78.1 Å². The number of hydrogen-bond donors (Lipinski definition) is 1. The Hall–Kier alpha value is -0.0400. The van der Waals surface area contributed by atoms with Gasteiger partial charge in [-0.3, -0.25) is 0 Å². The Morgan fingerprint density at radius 1 is 0.950 bits per heavy atom. The van der Waals surface area contributed by atoms with E-state index in [1.54, 1.807) is 6.42 Å². The van der Waals surface area contributed by atoms with E-state index in [4.69, 9.17) is 5.73 Å². The molecular formula is C19H35N. The molecule has 0 saturated heterocycles. The molecule has 4 aliphatic carbocycles. The van der Waals surface area contributed by atoms with Crippen molar-refractivity contribution in [2.45, 2.75) is 84.1 Å². The lowest BCUT2D eigenvalue weighted by Crippen LogP contribution is -2.52. The quantitative estimate of drug-likeness (QED) is 0.697. The molecule has 4 aliphatic rings. The second kappa shape index (κ2) is 6.38. The summed E-state index contributed by atoms with van der Waals surface area (Å²) in [6.07, 6.45) is 14.4. The van der Waals surface area contributed by atoms with E-state index in [1.807, 2.05) is 0 Å². The average Bonchev–Trinajstić information content (AvgIpc) is 2.42. The summed E-state index contributed by atoms with van der Waals surface area (Å²) in [4.78, 5) is 0. The maximum absolute atomic E-state index is 6.75. The van der Waals surface area contributed by atoms with Gasteiger partial charge >= 0.3 is 0 Å². The Morgan fingerprint density at radius 2 is 1.55 bits per heavy atom. The molecule has 4 bridgehead atoms. The Kier molecular flexibility index (Phi) is 4.75. The summed E-state index contributed by atoms with van der Waals surface area (Å²) in [5.74, 6) is 5.96. The van der Waals surface area contributed by atoms with Crippen LogP contribution in [-0.4, -0.2) is 6.04 Å². The zero-order chi connectivity index (χ0) is 14.1. The number of nitrogens with two attached hydrogens (primary N) is 1. The summed E-state index contributed by atoms with van der Waals surface area (Å²) >= 11 is 0. The molecule has 1 heteroatoms. The predicted octanol–water partition coefficient (Wildman–Crippen LogP) is 4.99. The van der Waals surface area contributed by atoms with Gasteiger partial charge in [-0.15, -0.1) is 0 Å². The number of hydrogen-bond acceptors (Lipinski definition) is 1. The van der Waals surface area contributed by atoms with Crippen molar-refractivity contribution in [3.63, 3.8) is 0 Å². The zero-order valence-electron chi connectivity index (χ0n) is 13.7. The molecule has 2 N–H and O–H groups in total. The fraction of sp³-hybridized carbons (Fsp3) is 1.00. The van der Waals surface area contributed by atoms with Crippen LogP contribution < -0.4 is 5.73 Å². The first kappa shape index (κ1) is 14.9. The molecule has 0 aromatic carbocycles. The van der Waals surface area contributed by atoms with Crippen molar-refractivity contribution in [2.75, 3.05) is 0 Å². The third kappa shape index (κ3) is 2.93. The zero-order valence-corrected chi connectivity index (χ0v) is 13.7. The first-order valence-corrected chi connectivity index (χ1v) is 9.46. The van der Waals surface area contributed by atoms with Crippen molar-refractivity contribution in [1.29, 1.82) is 0 Å². The average molecular weight is 277 g/mol. The van der Waals surface area contributed by atoms with Gasteiger partial charge in [-0.2, -0.15) is 0 Å². The molecule has 0 heterocycles. The van der Waals surface area contributed by atoms with Crippen LogP contribution in [-0.2, 0) is 0 Å². The van der Waals surface area contributed by atoms with Gasteiger partial charge in [0.2, 0.25) is 0 Å². The van der Waals surface area contributed by atoms with Gasteiger partial charge in [0.05, 0.1) is 0 Å². The Balaban J connectivity index is 1.58. The highest BCUT2D eigenvalue weighted by Gasteiger charge is 2.49. The van der Waals surface area contributed by atoms with Crippen LogP contribution in [0.4, 0.5) is 0 Å². The van der Waals surface area contributed by atoms with Crippen molar-refractivity contribution in [1.82, 2.24) is 0 Å². The highest BCUT2D eigenvalue weighted by molar-refractivity contribution is 5.01. The summed E-state index contributed by atoms with van der Waals surface area (Å²) in [5.41, 5.74) is 6.75. The molecule has 4 saturated carbocycles. The monoisotopic (exact) mass is 277 g/mol.